The number of fused-ring (bicyclic) bond motifs is 2. The highest BCUT2D eigenvalue weighted by Gasteiger charge is 2.48. The summed E-state index contributed by atoms with van der Waals surface area (Å²) < 4.78 is 107. The molecular formula is C43H62N2O14S2. The first kappa shape index (κ1) is 50.1. The average Bonchev–Trinajstić information content (AvgIpc) is 3.58. The molecule has 0 spiro atoms. The third-order valence-corrected chi connectivity index (χ3v) is 12.9. The molecular weight excluding hydrogens is 833 g/mol. The Hall–Kier alpha value is -3.56. The number of aliphatic carboxylic acids is 1. The maximum atomic E-state index is 12.4. The third-order valence-electron chi connectivity index (χ3n) is 11.2. The zero-order valence-corrected chi connectivity index (χ0v) is 37.6. The van der Waals surface area contributed by atoms with Gasteiger partial charge in [-0.3, -0.25) is 9.35 Å². The minimum Gasteiger partial charge on any atom is -0.744 e. The Morgan fingerprint density at radius 1 is 0.770 bits per heavy atom. The van der Waals surface area contributed by atoms with E-state index in [0.29, 0.717) is 122 Å². The van der Waals surface area contributed by atoms with E-state index in [-0.39, 0.29) is 16.2 Å². The van der Waals surface area contributed by atoms with E-state index >= 15 is 0 Å². The van der Waals surface area contributed by atoms with Crippen molar-refractivity contribution in [3.8, 4) is 0 Å². The van der Waals surface area contributed by atoms with Gasteiger partial charge in [0.05, 0.1) is 68.1 Å². The van der Waals surface area contributed by atoms with Gasteiger partial charge in [-0.25, -0.2) is 8.42 Å². The third kappa shape index (κ3) is 13.2. The van der Waals surface area contributed by atoms with Crippen LogP contribution < -0.4 is 4.90 Å². The molecule has 18 heteroatoms. The number of allylic oxidation sites excluding steroid dienone is 4. The molecule has 0 radical (unpaired) electrons. The standard InChI is InChI=1S/C43H62N2O14S2/c1-6-44-37-16-14-33(60(48,49)50)31-35(37)42(2,18-21-56-27-29-58-25-23-54-4)39(44)11-10-12-40-43(3,19-22-57-28-30-59-26-24-55-5)36-32-34(61(51,52)53)15-17-38(36)45(40)20-9-7-8-13-41(46)47/h10-12,14-17,31-32H,6-9,13,18-30H2,1-5H3,(H2-,46,47,48,49,50,51,52,53). The van der Waals surface area contributed by atoms with Crippen molar-refractivity contribution in [2.45, 2.75) is 79.9 Å². The number of ether oxygens (including phenoxy) is 6. The number of carboxylic acids is 1. The summed E-state index contributed by atoms with van der Waals surface area (Å²) in [4.78, 5) is 12.8. The minimum atomic E-state index is -4.75. The number of methoxy groups -OCH3 is 2. The van der Waals surface area contributed by atoms with E-state index < -0.39 is 37.0 Å². The van der Waals surface area contributed by atoms with Crippen LogP contribution in [-0.4, -0.2) is 141 Å². The van der Waals surface area contributed by atoms with Crippen LogP contribution in [0.4, 0.5) is 11.4 Å². The fourth-order valence-electron chi connectivity index (χ4n) is 7.92. The van der Waals surface area contributed by atoms with Gasteiger partial charge in [0, 0.05) is 81.3 Å². The lowest BCUT2D eigenvalue weighted by Gasteiger charge is -2.30. The first-order valence-corrected chi connectivity index (χ1v) is 23.4. The molecule has 0 bridgehead atoms. The molecule has 0 saturated heterocycles. The highest BCUT2D eigenvalue weighted by atomic mass is 32.2. The fraction of sp³-hybridized carbons (Fsp3) is 0.581. The van der Waals surface area contributed by atoms with Crippen molar-refractivity contribution in [1.82, 2.24) is 0 Å². The number of unbranched alkanes of at least 4 members (excludes halogenated alkanes) is 2. The SMILES string of the molecule is CCN1/C(=C/C=C/C2=[N+](CCCCCC(=O)O)c3ccc(S(=O)(=O)O)cc3C2(C)CCOCCOCCOC)C(C)(CCOCCOCCOC)c2cc(S(=O)(=O)[O-])ccc21. The van der Waals surface area contributed by atoms with Gasteiger partial charge in [0.25, 0.3) is 10.1 Å². The minimum absolute atomic E-state index is 0.0487. The summed E-state index contributed by atoms with van der Waals surface area (Å²) >= 11 is 0. The summed E-state index contributed by atoms with van der Waals surface area (Å²) in [7, 11) is -6.10. The average molecular weight is 895 g/mol. The van der Waals surface area contributed by atoms with Crippen LogP contribution in [0.15, 0.2) is 70.1 Å². The Morgan fingerprint density at radius 2 is 1.33 bits per heavy atom. The number of hydrogen-bond donors (Lipinski definition) is 2. The second-order valence-corrected chi connectivity index (χ2v) is 18.1. The van der Waals surface area contributed by atoms with Crippen molar-refractivity contribution in [2.75, 3.05) is 98.3 Å². The Balaban J connectivity index is 1.77. The Labute approximate surface area is 360 Å². The van der Waals surface area contributed by atoms with E-state index in [4.69, 9.17) is 28.4 Å². The van der Waals surface area contributed by atoms with Crippen LogP contribution in [0.3, 0.4) is 0 Å². The molecule has 2 aliphatic rings. The molecule has 4 rings (SSSR count). The molecule has 0 amide bonds. The number of rotatable bonds is 29. The molecule has 0 aliphatic carbocycles. The van der Waals surface area contributed by atoms with Gasteiger partial charge < -0.3 is 43.0 Å². The normalized spacial score (nSPS) is 19.7. The lowest BCUT2D eigenvalue weighted by Crippen LogP contribution is -2.33. The molecule has 2 atom stereocenters. The summed E-state index contributed by atoms with van der Waals surface area (Å²) in [6.07, 6.45) is 8.59. The molecule has 0 saturated carbocycles. The Bertz CT molecular complexity index is 2100. The number of carbonyl (C=O) groups is 1. The maximum absolute atomic E-state index is 12.4. The number of anilines is 1. The second-order valence-electron chi connectivity index (χ2n) is 15.3. The summed E-state index contributed by atoms with van der Waals surface area (Å²) in [5.74, 6) is -0.865. The van der Waals surface area contributed by atoms with Gasteiger partial charge in [-0.2, -0.15) is 13.0 Å². The van der Waals surface area contributed by atoms with Gasteiger partial charge in [0.1, 0.15) is 16.7 Å². The Kier molecular flexibility index (Phi) is 19.1. The maximum Gasteiger partial charge on any atom is 0.303 e. The van der Waals surface area contributed by atoms with E-state index in [0.717, 1.165) is 22.8 Å². The van der Waals surface area contributed by atoms with Crippen LogP contribution in [0.1, 0.15) is 70.4 Å². The number of benzene rings is 2. The lowest BCUT2D eigenvalue weighted by molar-refractivity contribution is -0.438. The fourth-order valence-corrected chi connectivity index (χ4v) is 8.93. The molecule has 2 heterocycles. The highest BCUT2D eigenvalue weighted by molar-refractivity contribution is 7.86. The van der Waals surface area contributed by atoms with Crippen LogP contribution in [0, 0.1) is 0 Å². The van der Waals surface area contributed by atoms with Gasteiger partial charge in [0.2, 0.25) is 5.69 Å². The van der Waals surface area contributed by atoms with Gasteiger partial charge in [0.15, 0.2) is 5.71 Å². The zero-order valence-electron chi connectivity index (χ0n) is 35.9. The van der Waals surface area contributed by atoms with Crippen molar-refractivity contribution in [3.63, 3.8) is 0 Å². The van der Waals surface area contributed by atoms with Gasteiger partial charge in [-0.15, -0.1) is 0 Å². The van der Waals surface area contributed by atoms with Crippen LogP contribution in [0.5, 0.6) is 0 Å². The molecule has 2 unspecified atom stereocenters. The summed E-state index contributed by atoms with van der Waals surface area (Å²) in [5.41, 5.74) is 2.98. The van der Waals surface area contributed by atoms with Gasteiger partial charge >= 0.3 is 5.97 Å². The molecule has 2 aliphatic heterocycles. The number of likely N-dealkylation sites (N-methyl/N-ethyl adjacent to an activating group) is 1. The molecule has 0 fully saturated rings. The van der Waals surface area contributed by atoms with Crippen molar-refractivity contribution < 1.29 is 68.8 Å². The monoisotopic (exact) mass is 894 g/mol. The summed E-state index contributed by atoms with van der Waals surface area (Å²) in [6, 6.07) is 9.02. The van der Waals surface area contributed by atoms with E-state index in [1.807, 2.05) is 39.0 Å². The predicted octanol–water partition coefficient (Wildman–Crippen LogP) is 5.22. The first-order valence-electron chi connectivity index (χ1n) is 20.6. The van der Waals surface area contributed by atoms with Crippen molar-refractivity contribution in [1.29, 1.82) is 0 Å². The van der Waals surface area contributed by atoms with Crippen molar-refractivity contribution in [3.05, 3.63) is 71.5 Å². The number of nitrogens with zero attached hydrogens (tertiary/aromatic N) is 2. The molecule has 2 N–H and O–H groups in total. The molecule has 0 aromatic heterocycles. The van der Waals surface area contributed by atoms with Gasteiger partial charge in [-0.05, 0) is 88.4 Å². The first-order chi connectivity index (χ1) is 29.0. The molecule has 16 nitrogen and oxygen atoms in total. The van der Waals surface area contributed by atoms with Crippen LogP contribution in [-0.2, 0) is 64.3 Å². The van der Waals surface area contributed by atoms with Crippen molar-refractivity contribution >= 4 is 43.3 Å². The van der Waals surface area contributed by atoms with Crippen molar-refractivity contribution in [2.24, 2.45) is 0 Å². The highest BCUT2D eigenvalue weighted by Crippen LogP contribution is 2.51. The lowest BCUT2D eigenvalue weighted by atomic mass is 9.76. The summed E-state index contributed by atoms with van der Waals surface area (Å²) in [5, 5.41) is 9.22. The molecule has 2 aromatic carbocycles. The van der Waals surface area contributed by atoms with E-state index in [1.165, 1.54) is 24.3 Å². The van der Waals surface area contributed by atoms with E-state index in [1.54, 1.807) is 26.4 Å². The number of hydrogen-bond acceptors (Lipinski definition) is 13. The molecule has 2 aromatic rings. The van der Waals surface area contributed by atoms with Crippen LogP contribution in [0.25, 0.3) is 0 Å². The number of carboxylic acid groups (broad SMARTS) is 1. The zero-order chi connectivity index (χ0) is 44.7. The second kappa shape index (κ2) is 23.2. The predicted molar refractivity (Wildman–Crippen MR) is 228 cm³/mol. The Morgan fingerprint density at radius 3 is 1.89 bits per heavy atom. The summed E-state index contributed by atoms with van der Waals surface area (Å²) in [6.45, 7) is 10.8. The van der Waals surface area contributed by atoms with Crippen LogP contribution >= 0.6 is 0 Å². The quantitative estimate of drug-likeness (QED) is 0.0610. The van der Waals surface area contributed by atoms with Crippen LogP contribution in [0.2, 0.25) is 0 Å². The molecule has 61 heavy (non-hydrogen) atoms. The van der Waals surface area contributed by atoms with E-state index in [2.05, 4.69) is 9.48 Å². The van der Waals surface area contributed by atoms with E-state index in [9.17, 15) is 35.8 Å². The largest absolute Gasteiger partial charge is 0.744 e. The molecule has 340 valence electrons. The smallest absolute Gasteiger partial charge is 0.303 e. The van der Waals surface area contributed by atoms with Gasteiger partial charge in [-0.1, -0.05) is 6.08 Å². The topological polar surface area (TPSA) is 210 Å².